The Balaban J connectivity index is 2.45. The molecule has 5 heteroatoms. The first-order valence-corrected chi connectivity index (χ1v) is 5.77. The fourth-order valence-electron chi connectivity index (χ4n) is 1.17. The van der Waals surface area contributed by atoms with Gasteiger partial charge in [0, 0.05) is 16.9 Å². The van der Waals surface area contributed by atoms with E-state index in [9.17, 15) is 0 Å². The van der Waals surface area contributed by atoms with Crippen molar-refractivity contribution >= 4 is 33.3 Å². The molecule has 2 rings (SSSR count). The molecule has 2 aromatic rings. The number of aryl methyl sites for hydroxylation is 1. The van der Waals surface area contributed by atoms with Crippen LogP contribution in [0.4, 0.5) is 6.01 Å². The molecule has 14 heavy (non-hydrogen) atoms. The number of nitrogens with one attached hydrogen (secondary N) is 1. The molecule has 0 aliphatic heterocycles. The highest BCUT2D eigenvalue weighted by molar-refractivity contribution is 9.10. The maximum absolute atomic E-state index is 5.40. The molecule has 0 atom stereocenters. The van der Waals surface area contributed by atoms with Gasteiger partial charge in [0.15, 0.2) is 0 Å². The van der Waals surface area contributed by atoms with Crippen molar-refractivity contribution in [2.45, 2.75) is 6.92 Å². The Morgan fingerprint density at radius 1 is 1.57 bits per heavy atom. The largest absolute Gasteiger partial charge is 0.428 e. The highest BCUT2D eigenvalue weighted by Gasteiger charge is 2.12. The lowest BCUT2D eigenvalue weighted by molar-refractivity contribution is 0.544. The van der Waals surface area contributed by atoms with E-state index in [-0.39, 0.29) is 0 Å². The van der Waals surface area contributed by atoms with Gasteiger partial charge in [-0.1, -0.05) is 0 Å². The molecule has 2 heterocycles. The Morgan fingerprint density at radius 2 is 2.36 bits per heavy atom. The number of rotatable bonds is 2. The molecule has 0 saturated carbocycles. The number of hydrogen-bond donors (Lipinski definition) is 1. The zero-order valence-corrected chi connectivity index (χ0v) is 10.2. The number of halogens is 1. The first-order chi connectivity index (χ1) is 6.70. The number of anilines is 1. The van der Waals surface area contributed by atoms with Gasteiger partial charge in [0.1, 0.15) is 11.5 Å². The second-order valence-corrected chi connectivity index (χ2v) is 4.63. The number of oxazole rings is 1. The fraction of sp³-hybridized carbons (Fsp3) is 0.222. The zero-order valence-electron chi connectivity index (χ0n) is 7.80. The van der Waals surface area contributed by atoms with Crippen LogP contribution in [0.15, 0.2) is 20.3 Å². The Labute approximate surface area is 94.3 Å². The van der Waals surface area contributed by atoms with Crippen LogP contribution in [0, 0.1) is 6.92 Å². The lowest BCUT2D eigenvalue weighted by atomic mass is 10.3. The van der Waals surface area contributed by atoms with E-state index in [1.165, 1.54) is 0 Å². The summed E-state index contributed by atoms with van der Waals surface area (Å²) in [6.07, 6.45) is 0. The summed E-state index contributed by atoms with van der Waals surface area (Å²) in [5.74, 6) is 0.837. The van der Waals surface area contributed by atoms with Crippen molar-refractivity contribution in [1.82, 2.24) is 4.98 Å². The van der Waals surface area contributed by atoms with Crippen LogP contribution in [-0.2, 0) is 0 Å². The van der Waals surface area contributed by atoms with E-state index in [1.807, 2.05) is 18.4 Å². The van der Waals surface area contributed by atoms with Crippen molar-refractivity contribution in [2.75, 3.05) is 12.4 Å². The van der Waals surface area contributed by atoms with Gasteiger partial charge in [-0.15, -0.1) is 11.3 Å². The Bertz CT molecular complexity index is 449. The van der Waals surface area contributed by atoms with Crippen LogP contribution in [0.5, 0.6) is 0 Å². The van der Waals surface area contributed by atoms with Crippen LogP contribution in [0.1, 0.15) is 5.76 Å². The molecule has 0 bridgehead atoms. The van der Waals surface area contributed by atoms with Crippen LogP contribution in [0.3, 0.4) is 0 Å². The summed E-state index contributed by atoms with van der Waals surface area (Å²) in [5, 5.41) is 4.91. The van der Waals surface area contributed by atoms with Crippen LogP contribution in [0.25, 0.3) is 10.6 Å². The average Bonchev–Trinajstić information content (AvgIpc) is 2.71. The van der Waals surface area contributed by atoms with Gasteiger partial charge >= 0.3 is 0 Å². The Hall–Kier alpha value is -0.810. The summed E-state index contributed by atoms with van der Waals surface area (Å²) >= 11 is 5.06. The molecule has 2 aromatic heterocycles. The smallest absolute Gasteiger partial charge is 0.295 e. The van der Waals surface area contributed by atoms with E-state index in [0.29, 0.717) is 6.01 Å². The molecule has 0 fully saturated rings. The van der Waals surface area contributed by atoms with Crippen molar-refractivity contribution in [2.24, 2.45) is 0 Å². The van der Waals surface area contributed by atoms with Gasteiger partial charge in [-0.2, -0.15) is 4.98 Å². The summed E-state index contributed by atoms with van der Waals surface area (Å²) in [6.45, 7) is 1.91. The molecule has 0 unspecified atom stereocenters. The second-order valence-electron chi connectivity index (χ2n) is 2.80. The summed E-state index contributed by atoms with van der Waals surface area (Å²) in [4.78, 5) is 5.43. The Kier molecular flexibility index (Phi) is 2.60. The molecule has 0 aliphatic carbocycles. The standard InChI is InChI=1S/C9H9BrN2OS/c1-5-8(12-9(11-2)13-5)7-3-6(10)4-14-7/h3-4H,1-2H3,(H,11,12). The molecule has 74 valence electrons. The van der Waals surface area contributed by atoms with Crippen molar-refractivity contribution < 1.29 is 4.42 Å². The summed E-state index contributed by atoms with van der Waals surface area (Å²) in [5.41, 5.74) is 0.907. The minimum absolute atomic E-state index is 0.557. The maximum atomic E-state index is 5.40. The molecule has 1 N–H and O–H groups in total. The topological polar surface area (TPSA) is 38.1 Å². The maximum Gasteiger partial charge on any atom is 0.295 e. The predicted octanol–water partition coefficient (Wildman–Crippen LogP) is 3.52. The normalized spacial score (nSPS) is 10.5. The van der Waals surface area contributed by atoms with Gasteiger partial charge in [0.25, 0.3) is 6.01 Å². The number of aromatic nitrogens is 1. The highest BCUT2D eigenvalue weighted by atomic mass is 79.9. The molecule has 0 radical (unpaired) electrons. The van der Waals surface area contributed by atoms with Gasteiger partial charge in [-0.3, -0.25) is 0 Å². The molecule has 0 aromatic carbocycles. The quantitative estimate of drug-likeness (QED) is 0.909. The van der Waals surface area contributed by atoms with Gasteiger partial charge in [-0.25, -0.2) is 0 Å². The third-order valence-electron chi connectivity index (χ3n) is 1.81. The molecule has 3 nitrogen and oxygen atoms in total. The molecule has 0 spiro atoms. The first kappa shape index (κ1) is 9.73. The van der Waals surface area contributed by atoms with Gasteiger partial charge < -0.3 is 9.73 Å². The van der Waals surface area contributed by atoms with Crippen LogP contribution in [0.2, 0.25) is 0 Å². The minimum Gasteiger partial charge on any atom is -0.428 e. The molecular weight excluding hydrogens is 264 g/mol. The lowest BCUT2D eigenvalue weighted by Gasteiger charge is -1.88. The van der Waals surface area contributed by atoms with Crippen LogP contribution >= 0.6 is 27.3 Å². The third-order valence-corrected chi connectivity index (χ3v) is 3.51. The van der Waals surface area contributed by atoms with Gasteiger partial charge in [0.05, 0.1) is 4.88 Å². The van der Waals surface area contributed by atoms with Crippen molar-refractivity contribution in [1.29, 1.82) is 0 Å². The highest BCUT2D eigenvalue weighted by Crippen LogP contribution is 2.32. The SMILES string of the molecule is CNc1nc(-c2cc(Br)cs2)c(C)o1. The van der Waals surface area contributed by atoms with E-state index in [1.54, 1.807) is 18.4 Å². The first-order valence-electron chi connectivity index (χ1n) is 4.10. The van der Waals surface area contributed by atoms with Crippen molar-refractivity contribution in [3.63, 3.8) is 0 Å². The number of nitrogens with zero attached hydrogens (tertiary/aromatic N) is 1. The fourth-order valence-corrected chi connectivity index (χ4v) is 2.63. The minimum atomic E-state index is 0.557. The van der Waals surface area contributed by atoms with Crippen molar-refractivity contribution in [3.05, 3.63) is 21.7 Å². The van der Waals surface area contributed by atoms with Crippen LogP contribution < -0.4 is 5.32 Å². The lowest BCUT2D eigenvalue weighted by Crippen LogP contribution is -1.86. The summed E-state index contributed by atoms with van der Waals surface area (Å²) in [7, 11) is 1.79. The van der Waals surface area contributed by atoms with Gasteiger partial charge in [-0.05, 0) is 28.9 Å². The number of hydrogen-bond acceptors (Lipinski definition) is 4. The van der Waals surface area contributed by atoms with E-state index in [2.05, 4.69) is 26.2 Å². The van der Waals surface area contributed by atoms with Gasteiger partial charge in [0.2, 0.25) is 0 Å². The summed E-state index contributed by atoms with van der Waals surface area (Å²) in [6, 6.07) is 2.59. The predicted molar refractivity (Wildman–Crippen MR) is 61.8 cm³/mol. The van der Waals surface area contributed by atoms with E-state index in [0.717, 1.165) is 20.8 Å². The molecule has 0 amide bonds. The Morgan fingerprint density at radius 3 is 2.86 bits per heavy atom. The zero-order chi connectivity index (χ0) is 10.1. The molecule has 0 saturated heterocycles. The summed E-state index contributed by atoms with van der Waals surface area (Å²) < 4.78 is 6.47. The molecule has 0 aliphatic rings. The monoisotopic (exact) mass is 272 g/mol. The van der Waals surface area contributed by atoms with E-state index < -0.39 is 0 Å². The van der Waals surface area contributed by atoms with Crippen LogP contribution in [-0.4, -0.2) is 12.0 Å². The average molecular weight is 273 g/mol. The second kappa shape index (κ2) is 3.74. The number of thiophene rings is 1. The van der Waals surface area contributed by atoms with E-state index >= 15 is 0 Å². The molecular formula is C9H9BrN2OS. The third kappa shape index (κ3) is 1.69. The van der Waals surface area contributed by atoms with Crippen molar-refractivity contribution in [3.8, 4) is 10.6 Å². The van der Waals surface area contributed by atoms with E-state index in [4.69, 9.17) is 4.42 Å².